The van der Waals surface area contributed by atoms with Gasteiger partial charge in [-0.15, -0.1) is 0 Å². The van der Waals surface area contributed by atoms with E-state index in [4.69, 9.17) is 32.8 Å². The molecule has 0 aromatic heterocycles. The minimum absolute atomic E-state index is 0.0645. The van der Waals surface area contributed by atoms with Gasteiger partial charge in [-0.2, -0.15) is 0 Å². The van der Waals surface area contributed by atoms with E-state index in [9.17, 15) is 9.90 Å². The minimum Gasteiger partial charge on any atom is -0.497 e. The van der Waals surface area contributed by atoms with E-state index in [1.54, 1.807) is 19.2 Å². The standard InChI is InChI=1S/C52H68O9Si2/c1-38(61-63(51(2,3)4,43-25-17-13-18-26-43)44-27-19-14-20-28-44)40(34-39-22-15-12-16-23-39)30-31-45(53)49-46(59-52(5,6)60-49)29-21-24-41-35-42(56-8)36-47(58-37-55-7)48(41)50(54)57-32-33-62(9,10)11/h12-28,35-36,38,40,45-46,49,53H,29,32-34,37H2,1-11H3/b24-21+/t38-,40?,45?,46-,49+/m0/s1. The van der Waals surface area contributed by atoms with Crippen LogP contribution in [0.2, 0.25) is 30.7 Å². The number of aliphatic hydroxyl groups is 1. The maximum Gasteiger partial charge on any atom is 0.342 e. The fourth-order valence-corrected chi connectivity index (χ4v) is 13.5. The lowest BCUT2D eigenvalue weighted by Gasteiger charge is -2.45. The topological polar surface area (TPSA) is 102 Å². The van der Waals surface area contributed by atoms with E-state index in [-0.39, 0.29) is 35.2 Å². The molecule has 1 saturated heterocycles. The second kappa shape index (κ2) is 21.9. The largest absolute Gasteiger partial charge is 0.497 e. The zero-order chi connectivity index (χ0) is 45.8. The van der Waals surface area contributed by atoms with Crippen LogP contribution in [0.1, 0.15) is 69.4 Å². The summed E-state index contributed by atoms with van der Waals surface area (Å²) in [7, 11) is -1.30. The van der Waals surface area contributed by atoms with Crippen molar-refractivity contribution in [1.82, 2.24) is 0 Å². The van der Waals surface area contributed by atoms with Gasteiger partial charge in [-0.3, -0.25) is 0 Å². The van der Waals surface area contributed by atoms with Crippen molar-refractivity contribution in [1.29, 1.82) is 0 Å². The molecule has 1 N–H and O–H groups in total. The number of hydrogen-bond donors (Lipinski definition) is 1. The summed E-state index contributed by atoms with van der Waals surface area (Å²) in [6.07, 6.45) is 1.88. The second-order valence-electron chi connectivity index (χ2n) is 18.9. The van der Waals surface area contributed by atoms with Crippen molar-refractivity contribution in [3.05, 3.63) is 126 Å². The summed E-state index contributed by atoms with van der Waals surface area (Å²) in [6.45, 7) is 19.5. The highest BCUT2D eigenvalue weighted by molar-refractivity contribution is 6.99. The molecule has 0 saturated carbocycles. The van der Waals surface area contributed by atoms with Crippen LogP contribution in [0.4, 0.5) is 0 Å². The first kappa shape index (κ1) is 49.5. The molecule has 0 radical (unpaired) electrons. The summed E-state index contributed by atoms with van der Waals surface area (Å²) in [5.41, 5.74) is 1.94. The van der Waals surface area contributed by atoms with Gasteiger partial charge in [0.2, 0.25) is 0 Å². The molecule has 11 heteroatoms. The van der Waals surface area contributed by atoms with Gasteiger partial charge in [-0.25, -0.2) is 4.79 Å². The van der Waals surface area contributed by atoms with Crippen LogP contribution < -0.4 is 19.8 Å². The molecule has 1 aliphatic heterocycles. The summed E-state index contributed by atoms with van der Waals surface area (Å²) >= 11 is 0. The van der Waals surface area contributed by atoms with E-state index < -0.39 is 46.5 Å². The van der Waals surface area contributed by atoms with Crippen LogP contribution in [0.25, 0.3) is 6.08 Å². The number of methoxy groups -OCH3 is 2. The first-order valence-corrected chi connectivity index (χ1v) is 27.5. The van der Waals surface area contributed by atoms with Crippen molar-refractivity contribution in [2.24, 2.45) is 5.92 Å². The van der Waals surface area contributed by atoms with Gasteiger partial charge in [0.15, 0.2) is 12.6 Å². The highest BCUT2D eigenvalue weighted by atomic mass is 28.4. The number of rotatable bonds is 19. The monoisotopic (exact) mass is 892 g/mol. The summed E-state index contributed by atoms with van der Waals surface area (Å²) in [5.74, 6) is 5.75. The Kier molecular flexibility index (Phi) is 17.2. The number of esters is 1. The van der Waals surface area contributed by atoms with Gasteiger partial charge in [0, 0.05) is 27.2 Å². The van der Waals surface area contributed by atoms with Gasteiger partial charge in [0.1, 0.15) is 29.3 Å². The molecule has 4 aromatic rings. The Balaban J connectivity index is 1.45. The molecule has 5 atom stereocenters. The maximum absolute atomic E-state index is 13.6. The Morgan fingerprint density at radius 3 is 2.05 bits per heavy atom. The Hall–Kier alpha value is -4.52. The number of aliphatic hydroxyl groups excluding tert-OH is 1. The van der Waals surface area contributed by atoms with E-state index in [1.165, 1.54) is 17.5 Å². The Morgan fingerprint density at radius 2 is 1.49 bits per heavy atom. The molecule has 9 nitrogen and oxygen atoms in total. The predicted molar refractivity (Wildman–Crippen MR) is 257 cm³/mol. The molecular formula is C52H68O9Si2. The lowest BCUT2D eigenvalue weighted by atomic mass is 9.94. The van der Waals surface area contributed by atoms with E-state index in [0.29, 0.717) is 30.8 Å². The predicted octanol–water partition coefficient (Wildman–Crippen LogP) is 9.28. The maximum atomic E-state index is 13.6. The minimum atomic E-state index is -2.92. The fraction of sp³-hybridized carbons (Fsp3) is 0.442. The van der Waals surface area contributed by atoms with Crippen molar-refractivity contribution in [2.45, 2.75) is 115 Å². The number of carbonyl (C=O) groups is 1. The van der Waals surface area contributed by atoms with Gasteiger partial charge in [0.25, 0.3) is 8.32 Å². The van der Waals surface area contributed by atoms with E-state index >= 15 is 0 Å². The van der Waals surface area contributed by atoms with Crippen molar-refractivity contribution in [2.75, 3.05) is 27.6 Å². The number of ether oxygens (including phenoxy) is 6. The van der Waals surface area contributed by atoms with E-state index in [0.717, 1.165) is 11.6 Å². The molecule has 0 spiro atoms. The highest BCUT2D eigenvalue weighted by Crippen LogP contribution is 2.39. The van der Waals surface area contributed by atoms with Crippen molar-refractivity contribution in [3.63, 3.8) is 0 Å². The fourth-order valence-electron chi connectivity index (χ4n) is 8.01. The van der Waals surface area contributed by atoms with Crippen LogP contribution in [0.3, 0.4) is 0 Å². The van der Waals surface area contributed by atoms with Crippen LogP contribution in [0, 0.1) is 17.8 Å². The SMILES string of the molecule is COCOc1cc(OC)cc(/C=C/C[C@@H]2OC(C)(C)O[C@@H]2C(O)C#CC(Cc2ccccc2)[C@H](C)O[Si](c2ccccc2)(c2ccccc2)C(C)(C)C)c1C(=O)OCC[Si](C)(C)C. The summed E-state index contributed by atoms with van der Waals surface area (Å²) < 4.78 is 42.7. The van der Waals surface area contributed by atoms with Crippen LogP contribution in [0.5, 0.6) is 11.5 Å². The first-order chi connectivity index (χ1) is 29.9. The zero-order valence-electron chi connectivity index (χ0n) is 39.1. The molecule has 0 amide bonds. The van der Waals surface area contributed by atoms with Gasteiger partial charge < -0.3 is 38.0 Å². The zero-order valence-corrected chi connectivity index (χ0v) is 41.1. The van der Waals surface area contributed by atoms with Crippen LogP contribution >= 0.6 is 0 Å². The third-order valence-electron chi connectivity index (χ3n) is 11.2. The Morgan fingerprint density at radius 1 is 0.889 bits per heavy atom. The summed E-state index contributed by atoms with van der Waals surface area (Å²) in [5, 5.41) is 14.0. The number of carbonyl (C=O) groups excluding carboxylic acids is 1. The molecule has 1 fully saturated rings. The lowest BCUT2D eigenvalue weighted by molar-refractivity contribution is -0.151. The van der Waals surface area contributed by atoms with Crippen LogP contribution in [-0.4, -0.2) is 85.3 Å². The highest BCUT2D eigenvalue weighted by Gasteiger charge is 2.51. The smallest absolute Gasteiger partial charge is 0.342 e. The van der Waals surface area contributed by atoms with Gasteiger partial charge >= 0.3 is 5.97 Å². The number of hydrogen-bond acceptors (Lipinski definition) is 9. The molecule has 0 bridgehead atoms. The van der Waals surface area contributed by atoms with Gasteiger partial charge in [-0.05, 0) is 72.3 Å². The Bertz CT molecular complexity index is 2110. The molecule has 5 rings (SSSR count). The third-order valence-corrected chi connectivity index (χ3v) is 18.1. The Labute approximate surface area is 378 Å². The molecule has 1 aliphatic rings. The quantitative estimate of drug-likeness (QED) is 0.0428. The molecule has 63 heavy (non-hydrogen) atoms. The van der Waals surface area contributed by atoms with Crippen molar-refractivity contribution in [3.8, 4) is 23.3 Å². The van der Waals surface area contributed by atoms with Crippen LogP contribution in [0.15, 0.2) is 109 Å². The van der Waals surface area contributed by atoms with Crippen LogP contribution in [-0.2, 0) is 29.8 Å². The third kappa shape index (κ3) is 13.3. The summed E-state index contributed by atoms with van der Waals surface area (Å²) in [6, 6.07) is 35.7. The lowest BCUT2D eigenvalue weighted by Crippen LogP contribution is -2.68. The number of benzene rings is 4. The van der Waals surface area contributed by atoms with E-state index in [2.05, 4.69) is 120 Å². The molecule has 1 heterocycles. The molecular weight excluding hydrogens is 825 g/mol. The van der Waals surface area contributed by atoms with Crippen molar-refractivity contribution >= 4 is 38.8 Å². The average Bonchev–Trinajstić information content (AvgIpc) is 3.56. The normalized spacial score (nSPS) is 18.0. The molecule has 338 valence electrons. The average molecular weight is 893 g/mol. The van der Waals surface area contributed by atoms with Gasteiger partial charge in [0.05, 0.1) is 25.9 Å². The first-order valence-electron chi connectivity index (χ1n) is 21.9. The molecule has 4 aromatic carbocycles. The van der Waals surface area contributed by atoms with Gasteiger partial charge in [-0.1, -0.05) is 155 Å². The molecule has 2 unspecified atom stereocenters. The second-order valence-corrected chi connectivity index (χ2v) is 28.8. The van der Waals surface area contributed by atoms with E-state index in [1.807, 2.05) is 56.3 Å². The molecule has 0 aliphatic carbocycles. The van der Waals surface area contributed by atoms with Crippen molar-refractivity contribution < 1.29 is 42.7 Å². The summed E-state index contributed by atoms with van der Waals surface area (Å²) in [4.78, 5) is 13.6.